The van der Waals surface area contributed by atoms with Crippen LogP contribution in [0.4, 0.5) is 0 Å². The number of H-pyrrole nitrogens is 1. The van der Waals surface area contributed by atoms with Crippen molar-refractivity contribution >= 4 is 28.1 Å². The highest BCUT2D eigenvalue weighted by molar-refractivity contribution is 7.89. The quantitative estimate of drug-likeness (QED) is 0.695. The summed E-state index contributed by atoms with van der Waals surface area (Å²) in [5.41, 5.74) is 0. The number of carbonyl (C=O) groups is 1. The number of hydrogen-bond donors (Lipinski definition) is 2. The van der Waals surface area contributed by atoms with Crippen LogP contribution in [0.15, 0.2) is 35.2 Å². The van der Waals surface area contributed by atoms with Gasteiger partial charge in [0.05, 0.1) is 11.4 Å². The van der Waals surface area contributed by atoms with E-state index in [1.165, 1.54) is 4.31 Å². The lowest BCUT2D eigenvalue weighted by Gasteiger charge is -2.30. The number of amides is 1. The van der Waals surface area contributed by atoms with E-state index in [4.69, 9.17) is 12.2 Å². The van der Waals surface area contributed by atoms with Gasteiger partial charge in [-0.15, -0.1) is 0 Å². The Labute approximate surface area is 169 Å². The smallest absolute Gasteiger partial charge is 0.243 e. The Bertz CT molecular complexity index is 1000. The number of hydrogen-bond acceptors (Lipinski definition) is 5. The molecule has 1 saturated heterocycles. The number of rotatable bonds is 6. The van der Waals surface area contributed by atoms with Crippen LogP contribution in [0.5, 0.6) is 0 Å². The van der Waals surface area contributed by atoms with Crippen molar-refractivity contribution in [3.05, 3.63) is 40.9 Å². The Morgan fingerprint density at radius 1 is 1.18 bits per heavy atom. The molecule has 1 amide bonds. The summed E-state index contributed by atoms with van der Waals surface area (Å²) in [7, 11) is -3.50. The second-order valence-corrected chi connectivity index (χ2v) is 9.58. The fourth-order valence-corrected chi connectivity index (χ4v) is 5.37. The monoisotopic (exact) mass is 421 g/mol. The molecule has 10 heteroatoms. The highest BCUT2D eigenvalue weighted by Gasteiger charge is 2.32. The maximum Gasteiger partial charge on any atom is 0.243 e. The van der Waals surface area contributed by atoms with Crippen LogP contribution in [0.3, 0.4) is 0 Å². The minimum Gasteiger partial charge on any atom is -0.349 e. The Morgan fingerprint density at radius 2 is 1.86 bits per heavy atom. The minimum absolute atomic E-state index is 0.0620. The fourth-order valence-electron chi connectivity index (χ4n) is 3.58. The van der Waals surface area contributed by atoms with E-state index >= 15 is 0 Å². The van der Waals surface area contributed by atoms with Crippen LogP contribution in [0.1, 0.15) is 37.5 Å². The van der Waals surface area contributed by atoms with E-state index in [1.807, 2.05) is 4.57 Å². The number of benzene rings is 1. The summed E-state index contributed by atoms with van der Waals surface area (Å²) in [6.07, 6.45) is 3.19. The summed E-state index contributed by atoms with van der Waals surface area (Å²) in [5.74, 6) is 0.483. The summed E-state index contributed by atoms with van der Waals surface area (Å²) in [4.78, 5) is 12.8. The average molecular weight is 422 g/mol. The first kappa shape index (κ1) is 19.3. The molecule has 1 aliphatic carbocycles. The van der Waals surface area contributed by atoms with Crippen molar-refractivity contribution in [3.8, 4) is 0 Å². The van der Waals surface area contributed by atoms with Crippen LogP contribution in [-0.4, -0.2) is 46.5 Å². The van der Waals surface area contributed by atoms with Gasteiger partial charge in [0, 0.05) is 25.0 Å². The molecule has 1 saturated carbocycles. The lowest BCUT2D eigenvalue weighted by molar-refractivity contribution is -0.126. The van der Waals surface area contributed by atoms with Crippen LogP contribution in [0, 0.1) is 10.7 Å². The van der Waals surface area contributed by atoms with Gasteiger partial charge in [-0.3, -0.25) is 14.5 Å². The predicted octanol–water partition coefficient (Wildman–Crippen LogP) is 1.99. The third kappa shape index (κ3) is 3.89. The standard InChI is InChI=1S/C18H23N5O3S2/c24-17(19-12-16-20-21-18(27)23(16)14-6-7-14)13-8-10-22(11-9-13)28(25,26)15-4-2-1-3-5-15/h1-5,13-14H,6-12H2,(H,19,24)(H,21,27). The Balaban J connectivity index is 1.33. The summed E-state index contributed by atoms with van der Waals surface area (Å²) >= 11 is 5.25. The normalized spacial score (nSPS) is 18.9. The van der Waals surface area contributed by atoms with Crippen molar-refractivity contribution in [2.75, 3.05) is 13.1 Å². The van der Waals surface area contributed by atoms with Crippen molar-refractivity contribution < 1.29 is 13.2 Å². The number of piperidine rings is 1. The van der Waals surface area contributed by atoms with E-state index in [0.29, 0.717) is 48.2 Å². The maximum absolute atomic E-state index is 12.7. The van der Waals surface area contributed by atoms with E-state index in [9.17, 15) is 13.2 Å². The first-order valence-corrected chi connectivity index (χ1v) is 11.3. The second kappa shape index (κ2) is 7.76. The van der Waals surface area contributed by atoms with Gasteiger partial charge in [-0.05, 0) is 50.0 Å². The molecule has 0 radical (unpaired) electrons. The number of aromatic nitrogens is 3. The summed E-state index contributed by atoms with van der Waals surface area (Å²) in [6.45, 7) is 1.01. The molecule has 4 rings (SSSR count). The van der Waals surface area contributed by atoms with Crippen molar-refractivity contribution in [2.24, 2.45) is 5.92 Å². The molecule has 2 fully saturated rings. The highest BCUT2D eigenvalue weighted by Crippen LogP contribution is 2.35. The van der Waals surface area contributed by atoms with E-state index in [0.717, 1.165) is 18.7 Å². The van der Waals surface area contributed by atoms with Gasteiger partial charge in [-0.25, -0.2) is 8.42 Å². The number of nitrogens with one attached hydrogen (secondary N) is 2. The predicted molar refractivity (Wildman–Crippen MR) is 105 cm³/mol. The van der Waals surface area contributed by atoms with Crippen molar-refractivity contribution in [3.63, 3.8) is 0 Å². The summed E-state index contributed by atoms with van der Waals surface area (Å²) in [5, 5.41) is 9.94. The lowest BCUT2D eigenvalue weighted by atomic mass is 9.97. The van der Waals surface area contributed by atoms with Gasteiger partial charge < -0.3 is 5.32 Å². The molecule has 1 aromatic carbocycles. The van der Waals surface area contributed by atoms with Crippen LogP contribution in [0.25, 0.3) is 0 Å². The molecular formula is C18H23N5O3S2. The van der Waals surface area contributed by atoms with Gasteiger partial charge in [0.15, 0.2) is 10.6 Å². The van der Waals surface area contributed by atoms with Crippen molar-refractivity contribution in [1.82, 2.24) is 24.4 Å². The zero-order valence-corrected chi connectivity index (χ0v) is 17.0. The first-order chi connectivity index (χ1) is 13.5. The lowest BCUT2D eigenvalue weighted by Crippen LogP contribution is -2.43. The van der Waals surface area contributed by atoms with Crippen LogP contribution < -0.4 is 5.32 Å². The molecule has 2 aromatic rings. The molecular weight excluding hydrogens is 398 g/mol. The minimum atomic E-state index is -3.50. The number of aromatic amines is 1. The SMILES string of the molecule is O=C(NCc1n[nH]c(=S)n1C1CC1)C1CCN(S(=O)(=O)c2ccccc2)CC1. The van der Waals surface area contributed by atoms with Gasteiger partial charge in [0.2, 0.25) is 15.9 Å². The number of sulfonamides is 1. The molecule has 0 unspecified atom stereocenters. The Morgan fingerprint density at radius 3 is 2.50 bits per heavy atom. The number of nitrogens with zero attached hydrogens (tertiary/aromatic N) is 3. The van der Waals surface area contributed by atoms with E-state index in [2.05, 4.69) is 15.5 Å². The summed E-state index contributed by atoms with van der Waals surface area (Å²) < 4.78 is 29.4. The topological polar surface area (TPSA) is 100 Å². The highest BCUT2D eigenvalue weighted by atomic mass is 32.2. The Kier molecular flexibility index (Phi) is 5.35. The largest absolute Gasteiger partial charge is 0.349 e. The molecule has 8 nitrogen and oxygen atoms in total. The van der Waals surface area contributed by atoms with Crippen LogP contribution >= 0.6 is 12.2 Å². The van der Waals surface area contributed by atoms with Gasteiger partial charge in [0.1, 0.15) is 0 Å². The molecule has 150 valence electrons. The van der Waals surface area contributed by atoms with Gasteiger partial charge in [0.25, 0.3) is 0 Å². The van der Waals surface area contributed by atoms with Crippen molar-refractivity contribution in [1.29, 1.82) is 0 Å². The zero-order valence-electron chi connectivity index (χ0n) is 15.4. The second-order valence-electron chi connectivity index (χ2n) is 7.26. The molecule has 1 aliphatic heterocycles. The molecule has 28 heavy (non-hydrogen) atoms. The van der Waals surface area contributed by atoms with Crippen LogP contribution in [0.2, 0.25) is 0 Å². The number of carbonyl (C=O) groups excluding carboxylic acids is 1. The van der Waals surface area contributed by atoms with Crippen LogP contribution in [-0.2, 0) is 21.4 Å². The van der Waals surface area contributed by atoms with Gasteiger partial charge in [-0.1, -0.05) is 18.2 Å². The molecule has 2 N–H and O–H groups in total. The van der Waals surface area contributed by atoms with E-state index in [1.54, 1.807) is 30.3 Å². The molecule has 0 atom stereocenters. The Hall–Kier alpha value is -2.04. The third-order valence-electron chi connectivity index (χ3n) is 5.32. The third-order valence-corrected chi connectivity index (χ3v) is 7.52. The van der Waals surface area contributed by atoms with Gasteiger partial charge in [-0.2, -0.15) is 9.40 Å². The molecule has 0 bridgehead atoms. The molecule has 2 aliphatic rings. The zero-order chi connectivity index (χ0) is 19.7. The average Bonchev–Trinajstić information content (AvgIpc) is 3.49. The van der Waals surface area contributed by atoms with Gasteiger partial charge >= 0.3 is 0 Å². The maximum atomic E-state index is 12.7. The van der Waals surface area contributed by atoms with Crippen molar-refractivity contribution in [2.45, 2.75) is 43.2 Å². The molecule has 2 heterocycles. The fraction of sp³-hybridized carbons (Fsp3) is 0.500. The molecule has 1 aromatic heterocycles. The molecule has 0 spiro atoms. The van der Waals surface area contributed by atoms with E-state index < -0.39 is 10.0 Å². The summed E-state index contributed by atoms with van der Waals surface area (Å²) in [6, 6.07) is 8.80. The first-order valence-electron chi connectivity index (χ1n) is 9.45. The van der Waals surface area contributed by atoms with E-state index in [-0.39, 0.29) is 11.8 Å².